The molecule has 4 unspecified atom stereocenters. The van der Waals surface area contributed by atoms with Crippen LogP contribution in [0.1, 0.15) is 12.0 Å². The van der Waals surface area contributed by atoms with E-state index in [1.807, 2.05) is 0 Å². The molecular formula is C19H26N4O7S2. The molecule has 7 N–H and O–H groups in total. The molecule has 1 aromatic rings. The number of amides is 3. The van der Waals surface area contributed by atoms with E-state index in [0.29, 0.717) is 5.56 Å². The molecule has 0 saturated carbocycles. The highest BCUT2D eigenvalue weighted by molar-refractivity contribution is 7.80. The molecule has 1 rings (SSSR count). The van der Waals surface area contributed by atoms with E-state index >= 15 is 0 Å². The van der Waals surface area contributed by atoms with Crippen LogP contribution >= 0.6 is 25.3 Å². The second-order valence-electron chi connectivity index (χ2n) is 6.78. The van der Waals surface area contributed by atoms with Gasteiger partial charge in [-0.05, 0) is 5.56 Å². The van der Waals surface area contributed by atoms with Crippen LogP contribution in [0.15, 0.2) is 30.3 Å². The molecule has 0 aliphatic heterocycles. The average molecular weight is 487 g/mol. The summed E-state index contributed by atoms with van der Waals surface area (Å²) in [6, 6.07) is 3.67. The van der Waals surface area contributed by atoms with Gasteiger partial charge in [-0.15, -0.1) is 0 Å². The maximum atomic E-state index is 12.7. The molecule has 0 fully saturated rings. The van der Waals surface area contributed by atoms with Crippen molar-refractivity contribution in [3.05, 3.63) is 35.9 Å². The number of nitrogens with one attached hydrogen (secondary N) is 3. The molecule has 0 radical (unpaired) electrons. The van der Waals surface area contributed by atoms with Crippen molar-refractivity contribution in [1.82, 2.24) is 16.0 Å². The van der Waals surface area contributed by atoms with Crippen LogP contribution in [0.25, 0.3) is 0 Å². The normalized spacial score (nSPS) is 14.3. The molecule has 11 nitrogen and oxygen atoms in total. The number of benzene rings is 1. The molecule has 3 amide bonds. The van der Waals surface area contributed by atoms with E-state index in [1.165, 1.54) is 0 Å². The zero-order chi connectivity index (χ0) is 24.3. The van der Waals surface area contributed by atoms with Gasteiger partial charge in [0.25, 0.3) is 0 Å². The smallest absolute Gasteiger partial charge is 0.327 e. The summed E-state index contributed by atoms with van der Waals surface area (Å²) in [6.07, 6.45) is -0.588. The molecular weight excluding hydrogens is 460 g/mol. The lowest BCUT2D eigenvalue weighted by Gasteiger charge is -2.24. The van der Waals surface area contributed by atoms with Crippen LogP contribution in [0.4, 0.5) is 0 Å². The highest BCUT2D eigenvalue weighted by Gasteiger charge is 2.30. The lowest BCUT2D eigenvalue weighted by molar-refractivity contribution is -0.141. The minimum absolute atomic E-state index is 0.0447. The Hall–Kier alpha value is -2.77. The number of hydrogen-bond donors (Lipinski definition) is 8. The summed E-state index contributed by atoms with van der Waals surface area (Å²) in [4.78, 5) is 59.4. The van der Waals surface area contributed by atoms with Crippen molar-refractivity contribution in [2.24, 2.45) is 5.73 Å². The number of aliphatic carboxylic acids is 2. The first-order valence-electron chi connectivity index (χ1n) is 9.46. The Labute approximate surface area is 195 Å². The summed E-state index contributed by atoms with van der Waals surface area (Å²) in [5.41, 5.74) is 6.19. The number of carbonyl (C=O) groups excluding carboxylic acids is 3. The molecule has 176 valence electrons. The predicted octanol–water partition coefficient (Wildman–Crippen LogP) is -1.57. The monoisotopic (exact) mass is 486 g/mol. The van der Waals surface area contributed by atoms with E-state index in [-0.39, 0.29) is 17.9 Å². The van der Waals surface area contributed by atoms with Gasteiger partial charge in [-0.1, -0.05) is 30.3 Å². The Bertz CT molecular complexity index is 825. The van der Waals surface area contributed by atoms with Crippen molar-refractivity contribution in [1.29, 1.82) is 0 Å². The standard InChI is InChI=1S/C19H26N4O7S2/c20-11(7-15(24)25)16(26)22-13(8-31)18(28)21-12(6-10-4-2-1-3-5-10)17(27)23-14(9-32)19(29)30/h1-5,11-14,31-32H,6-9,20H2,(H,21,28)(H,22,26)(H,23,27)(H,24,25)(H,29,30). The molecule has 32 heavy (non-hydrogen) atoms. The number of nitrogens with two attached hydrogens (primary N) is 1. The molecule has 13 heteroatoms. The zero-order valence-electron chi connectivity index (χ0n) is 16.9. The average Bonchev–Trinajstić information content (AvgIpc) is 2.74. The number of carboxylic acids is 2. The van der Waals surface area contributed by atoms with Crippen LogP contribution in [0, 0.1) is 0 Å². The number of carbonyl (C=O) groups is 5. The van der Waals surface area contributed by atoms with Gasteiger partial charge >= 0.3 is 11.9 Å². The number of thiol groups is 2. The molecule has 0 saturated heterocycles. The Morgan fingerprint density at radius 1 is 0.812 bits per heavy atom. The van der Waals surface area contributed by atoms with Crippen molar-refractivity contribution < 1.29 is 34.2 Å². The van der Waals surface area contributed by atoms with E-state index in [9.17, 15) is 24.0 Å². The second-order valence-corrected chi connectivity index (χ2v) is 7.51. The van der Waals surface area contributed by atoms with Crippen molar-refractivity contribution in [2.45, 2.75) is 37.0 Å². The van der Waals surface area contributed by atoms with Gasteiger partial charge in [-0.25, -0.2) is 4.79 Å². The van der Waals surface area contributed by atoms with Gasteiger partial charge in [0.2, 0.25) is 17.7 Å². The third-order valence-electron chi connectivity index (χ3n) is 4.26. The van der Waals surface area contributed by atoms with Crippen LogP contribution in [0.2, 0.25) is 0 Å². The first kappa shape index (κ1) is 27.3. The molecule has 0 heterocycles. The lowest BCUT2D eigenvalue weighted by atomic mass is 10.0. The molecule has 0 aliphatic carbocycles. The fourth-order valence-corrected chi connectivity index (χ4v) is 3.05. The summed E-state index contributed by atoms with van der Waals surface area (Å²) in [5, 5.41) is 25.0. The molecule has 0 bridgehead atoms. The van der Waals surface area contributed by atoms with Crippen LogP contribution in [0.5, 0.6) is 0 Å². The van der Waals surface area contributed by atoms with Gasteiger partial charge in [0.15, 0.2) is 0 Å². The SMILES string of the molecule is NC(CC(=O)O)C(=O)NC(CS)C(=O)NC(Cc1ccccc1)C(=O)NC(CS)C(=O)O. The maximum absolute atomic E-state index is 12.7. The van der Waals surface area contributed by atoms with Gasteiger partial charge in [0, 0.05) is 17.9 Å². The summed E-state index contributed by atoms with van der Waals surface area (Å²) >= 11 is 7.92. The van der Waals surface area contributed by atoms with Gasteiger partial charge in [-0.2, -0.15) is 25.3 Å². The third kappa shape index (κ3) is 9.16. The molecule has 4 atom stereocenters. The van der Waals surface area contributed by atoms with Crippen molar-refractivity contribution in [3.8, 4) is 0 Å². The first-order chi connectivity index (χ1) is 15.1. The summed E-state index contributed by atoms with van der Waals surface area (Å²) in [5.74, 6) is -5.29. The quantitative estimate of drug-likeness (QED) is 0.154. The Morgan fingerprint density at radius 2 is 1.31 bits per heavy atom. The summed E-state index contributed by atoms with van der Waals surface area (Å²) in [7, 11) is 0. The Kier molecular flexibility index (Phi) is 11.6. The molecule has 0 aromatic heterocycles. The van der Waals surface area contributed by atoms with Gasteiger partial charge < -0.3 is 31.9 Å². The fourth-order valence-electron chi connectivity index (χ4n) is 2.54. The number of carboxylic acid groups (broad SMARTS) is 2. The highest BCUT2D eigenvalue weighted by atomic mass is 32.1. The zero-order valence-corrected chi connectivity index (χ0v) is 18.7. The van der Waals surface area contributed by atoms with Gasteiger partial charge in [0.1, 0.15) is 18.1 Å². The summed E-state index contributed by atoms with van der Waals surface area (Å²) < 4.78 is 0. The third-order valence-corrected chi connectivity index (χ3v) is 4.99. The second kappa shape index (κ2) is 13.6. The topological polar surface area (TPSA) is 188 Å². The Balaban J connectivity index is 2.96. The van der Waals surface area contributed by atoms with E-state index in [4.69, 9.17) is 15.9 Å². The highest BCUT2D eigenvalue weighted by Crippen LogP contribution is 2.05. The predicted molar refractivity (Wildman–Crippen MR) is 122 cm³/mol. The van der Waals surface area contributed by atoms with Crippen LogP contribution in [-0.2, 0) is 30.4 Å². The van der Waals surface area contributed by atoms with E-state index in [0.717, 1.165) is 0 Å². The molecule has 0 aliphatic rings. The van der Waals surface area contributed by atoms with E-state index < -0.39 is 60.2 Å². The first-order valence-corrected chi connectivity index (χ1v) is 10.7. The van der Waals surface area contributed by atoms with Crippen molar-refractivity contribution >= 4 is 54.9 Å². The largest absolute Gasteiger partial charge is 0.481 e. The minimum Gasteiger partial charge on any atom is -0.481 e. The van der Waals surface area contributed by atoms with E-state index in [2.05, 4.69) is 41.2 Å². The maximum Gasteiger partial charge on any atom is 0.327 e. The van der Waals surface area contributed by atoms with Crippen LogP contribution in [-0.4, -0.2) is 75.5 Å². The Morgan fingerprint density at radius 3 is 1.81 bits per heavy atom. The lowest BCUT2D eigenvalue weighted by Crippen LogP contribution is -2.58. The fraction of sp³-hybridized carbons (Fsp3) is 0.421. The van der Waals surface area contributed by atoms with Crippen molar-refractivity contribution in [2.75, 3.05) is 11.5 Å². The summed E-state index contributed by atoms with van der Waals surface area (Å²) in [6.45, 7) is 0. The van der Waals surface area contributed by atoms with Crippen LogP contribution < -0.4 is 21.7 Å². The molecule has 1 aromatic carbocycles. The minimum atomic E-state index is -1.38. The number of rotatable bonds is 13. The van der Waals surface area contributed by atoms with Crippen molar-refractivity contribution in [3.63, 3.8) is 0 Å². The van der Waals surface area contributed by atoms with Crippen LogP contribution in [0.3, 0.4) is 0 Å². The van der Waals surface area contributed by atoms with E-state index in [1.54, 1.807) is 30.3 Å². The number of hydrogen-bond acceptors (Lipinski definition) is 8. The molecule has 0 spiro atoms. The van der Waals surface area contributed by atoms with Gasteiger partial charge in [-0.3, -0.25) is 19.2 Å². The van der Waals surface area contributed by atoms with Gasteiger partial charge in [0.05, 0.1) is 12.5 Å².